The molecule has 0 aliphatic heterocycles. The first-order valence-corrected chi connectivity index (χ1v) is 7.56. The fourth-order valence-corrected chi connectivity index (χ4v) is 2.87. The number of methoxy groups -OCH3 is 1. The minimum atomic E-state index is 0.437. The topological polar surface area (TPSA) is 21.3 Å². The number of nitrogens with one attached hydrogen (secondary N) is 1. The zero-order chi connectivity index (χ0) is 13.5. The molecule has 102 valence electrons. The van der Waals surface area contributed by atoms with Crippen molar-refractivity contribution in [2.75, 3.05) is 13.7 Å². The monoisotopic (exact) mass is 275 g/mol. The van der Waals surface area contributed by atoms with Gasteiger partial charge in [-0.1, -0.05) is 37.3 Å². The predicted octanol–water partition coefficient (Wildman–Crippen LogP) is 3.93. The van der Waals surface area contributed by atoms with Crippen molar-refractivity contribution in [2.24, 2.45) is 0 Å². The SMILES string of the molecule is CCC(COC)NCc1cc(-c2ccccc2)cs1. The largest absolute Gasteiger partial charge is 0.383 e. The molecular weight excluding hydrogens is 254 g/mol. The second-order valence-electron chi connectivity index (χ2n) is 4.61. The van der Waals surface area contributed by atoms with Crippen LogP contribution < -0.4 is 5.32 Å². The van der Waals surface area contributed by atoms with E-state index in [-0.39, 0.29) is 0 Å². The van der Waals surface area contributed by atoms with Gasteiger partial charge >= 0.3 is 0 Å². The van der Waals surface area contributed by atoms with E-state index in [9.17, 15) is 0 Å². The number of benzene rings is 1. The van der Waals surface area contributed by atoms with Crippen molar-refractivity contribution < 1.29 is 4.74 Å². The summed E-state index contributed by atoms with van der Waals surface area (Å²) < 4.78 is 5.20. The lowest BCUT2D eigenvalue weighted by atomic mass is 10.1. The molecule has 0 amide bonds. The van der Waals surface area contributed by atoms with E-state index in [0.29, 0.717) is 6.04 Å². The van der Waals surface area contributed by atoms with Crippen LogP contribution in [0.1, 0.15) is 18.2 Å². The van der Waals surface area contributed by atoms with Gasteiger partial charge in [-0.3, -0.25) is 0 Å². The molecule has 0 fully saturated rings. The van der Waals surface area contributed by atoms with Gasteiger partial charge in [0.05, 0.1) is 6.61 Å². The van der Waals surface area contributed by atoms with E-state index in [1.807, 2.05) is 11.3 Å². The molecule has 0 bridgehead atoms. The molecule has 1 aromatic heterocycles. The van der Waals surface area contributed by atoms with Crippen molar-refractivity contribution in [3.8, 4) is 11.1 Å². The Morgan fingerprint density at radius 1 is 1.21 bits per heavy atom. The highest BCUT2D eigenvalue weighted by atomic mass is 32.1. The fraction of sp³-hybridized carbons (Fsp3) is 0.375. The van der Waals surface area contributed by atoms with Gasteiger partial charge in [0.25, 0.3) is 0 Å². The predicted molar refractivity (Wildman–Crippen MR) is 82.5 cm³/mol. The molecule has 0 aliphatic carbocycles. The summed E-state index contributed by atoms with van der Waals surface area (Å²) in [5.41, 5.74) is 2.59. The van der Waals surface area contributed by atoms with Crippen molar-refractivity contribution in [3.05, 3.63) is 46.7 Å². The second-order valence-corrected chi connectivity index (χ2v) is 5.60. The maximum absolute atomic E-state index is 5.20. The summed E-state index contributed by atoms with van der Waals surface area (Å²) >= 11 is 1.81. The Labute approximate surface area is 119 Å². The maximum Gasteiger partial charge on any atom is 0.0615 e. The van der Waals surface area contributed by atoms with Crippen LogP contribution in [-0.2, 0) is 11.3 Å². The standard InChI is InChI=1S/C16H21NOS/c1-3-15(11-18-2)17-10-16-9-14(12-19-16)13-7-5-4-6-8-13/h4-9,12,15,17H,3,10-11H2,1-2H3. The average Bonchev–Trinajstić information content (AvgIpc) is 2.93. The summed E-state index contributed by atoms with van der Waals surface area (Å²) in [6, 6.07) is 13.2. The molecule has 2 aromatic rings. The second kappa shape index (κ2) is 7.43. The van der Waals surface area contributed by atoms with Crippen LogP contribution in [0.3, 0.4) is 0 Å². The molecule has 3 heteroatoms. The van der Waals surface area contributed by atoms with E-state index in [2.05, 4.69) is 54.0 Å². The number of ether oxygens (including phenoxy) is 1. The Kier molecular flexibility index (Phi) is 5.58. The Morgan fingerprint density at radius 3 is 2.68 bits per heavy atom. The van der Waals surface area contributed by atoms with Gasteiger partial charge in [-0.25, -0.2) is 0 Å². The van der Waals surface area contributed by atoms with Gasteiger partial charge in [-0.15, -0.1) is 11.3 Å². The number of rotatable bonds is 7. The van der Waals surface area contributed by atoms with Gasteiger partial charge in [0.2, 0.25) is 0 Å². The van der Waals surface area contributed by atoms with Crippen LogP contribution in [0.2, 0.25) is 0 Å². The van der Waals surface area contributed by atoms with Crippen LogP contribution in [0.5, 0.6) is 0 Å². The van der Waals surface area contributed by atoms with Crippen molar-refractivity contribution in [3.63, 3.8) is 0 Å². The first kappa shape index (κ1) is 14.3. The molecule has 0 saturated carbocycles. The summed E-state index contributed by atoms with van der Waals surface area (Å²) in [5, 5.41) is 5.76. The van der Waals surface area contributed by atoms with Crippen LogP contribution >= 0.6 is 11.3 Å². The molecule has 1 N–H and O–H groups in total. The minimum Gasteiger partial charge on any atom is -0.383 e. The van der Waals surface area contributed by atoms with E-state index in [4.69, 9.17) is 4.74 Å². The molecule has 1 unspecified atom stereocenters. The summed E-state index contributed by atoms with van der Waals surface area (Å²) in [6.45, 7) is 3.87. The number of hydrogen-bond acceptors (Lipinski definition) is 3. The lowest BCUT2D eigenvalue weighted by Gasteiger charge is -2.14. The Bertz CT molecular complexity index is 481. The van der Waals surface area contributed by atoms with Crippen LogP contribution in [0.4, 0.5) is 0 Å². The van der Waals surface area contributed by atoms with E-state index < -0.39 is 0 Å². The molecule has 0 saturated heterocycles. The van der Waals surface area contributed by atoms with E-state index in [1.54, 1.807) is 7.11 Å². The lowest BCUT2D eigenvalue weighted by Crippen LogP contribution is -2.31. The van der Waals surface area contributed by atoms with Crippen molar-refractivity contribution in [1.29, 1.82) is 0 Å². The third-order valence-corrected chi connectivity index (χ3v) is 4.12. The molecule has 2 nitrogen and oxygen atoms in total. The van der Waals surface area contributed by atoms with Crippen LogP contribution in [0.15, 0.2) is 41.8 Å². The van der Waals surface area contributed by atoms with Gasteiger partial charge < -0.3 is 10.1 Å². The van der Waals surface area contributed by atoms with Gasteiger partial charge in [0.1, 0.15) is 0 Å². The molecule has 1 atom stereocenters. The van der Waals surface area contributed by atoms with E-state index in [0.717, 1.165) is 19.6 Å². The summed E-state index contributed by atoms with van der Waals surface area (Å²) in [4.78, 5) is 1.37. The zero-order valence-corrected chi connectivity index (χ0v) is 12.4. The molecule has 1 heterocycles. The molecule has 0 spiro atoms. The Balaban J connectivity index is 1.94. The first-order valence-electron chi connectivity index (χ1n) is 6.68. The zero-order valence-electron chi connectivity index (χ0n) is 11.6. The summed E-state index contributed by atoms with van der Waals surface area (Å²) in [6.07, 6.45) is 1.09. The average molecular weight is 275 g/mol. The normalized spacial score (nSPS) is 12.5. The van der Waals surface area contributed by atoms with Crippen LogP contribution in [-0.4, -0.2) is 19.8 Å². The highest BCUT2D eigenvalue weighted by Gasteiger charge is 2.06. The maximum atomic E-state index is 5.20. The van der Waals surface area contributed by atoms with Crippen molar-refractivity contribution in [2.45, 2.75) is 25.9 Å². The van der Waals surface area contributed by atoms with Crippen LogP contribution in [0, 0.1) is 0 Å². The molecule has 0 aliphatic rings. The fourth-order valence-electron chi connectivity index (χ4n) is 2.02. The van der Waals surface area contributed by atoms with Gasteiger partial charge in [0, 0.05) is 24.6 Å². The highest BCUT2D eigenvalue weighted by Crippen LogP contribution is 2.25. The quantitative estimate of drug-likeness (QED) is 0.826. The van der Waals surface area contributed by atoms with Crippen molar-refractivity contribution in [1.82, 2.24) is 5.32 Å². The molecule has 1 aromatic carbocycles. The lowest BCUT2D eigenvalue weighted by molar-refractivity contribution is 0.164. The van der Waals surface area contributed by atoms with E-state index in [1.165, 1.54) is 16.0 Å². The first-order chi connectivity index (χ1) is 9.33. The van der Waals surface area contributed by atoms with Gasteiger partial charge in [-0.2, -0.15) is 0 Å². The number of hydrogen-bond donors (Lipinski definition) is 1. The molecule has 0 radical (unpaired) electrons. The Hall–Kier alpha value is -1.16. The third kappa shape index (κ3) is 4.16. The summed E-state index contributed by atoms with van der Waals surface area (Å²) in [7, 11) is 1.75. The summed E-state index contributed by atoms with van der Waals surface area (Å²) in [5.74, 6) is 0. The molecule has 2 rings (SSSR count). The van der Waals surface area contributed by atoms with Crippen molar-refractivity contribution >= 4 is 11.3 Å². The van der Waals surface area contributed by atoms with Crippen LogP contribution in [0.25, 0.3) is 11.1 Å². The van der Waals surface area contributed by atoms with Gasteiger partial charge in [-0.05, 0) is 29.0 Å². The third-order valence-electron chi connectivity index (χ3n) is 3.19. The Morgan fingerprint density at radius 2 is 2.00 bits per heavy atom. The van der Waals surface area contributed by atoms with E-state index >= 15 is 0 Å². The minimum absolute atomic E-state index is 0.437. The highest BCUT2D eigenvalue weighted by molar-refractivity contribution is 7.10. The van der Waals surface area contributed by atoms with Gasteiger partial charge in [0.15, 0.2) is 0 Å². The smallest absolute Gasteiger partial charge is 0.0615 e. The number of thiophene rings is 1. The molecular formula is C16H21NOS. The molecule has 19 heavy (non-hydrogen) atoms.